The van der Waals surface area contributed by atoms with Gasteiger partial charge in [0.2, 0.25) is 5.91 Å². The molecule has 1 saturated heterocycles. The molecule has 1 atom stereocenters. The van der Waals surface area contributed by atoms with Crippen LogP contribution in [0.5, 0.6) is 0 Å². The highest BCUT2D eigenvalue weighted by atomic mass is 16.2. The van der Waals surface area contributed by atoms with Crippen molar-refractivity contribution in [3.63, 3.8) is 0 Å². The van der Waals surface area contributed by atoms with E-state index in [0.717, 1.165) is 56.5 Å². The number of aryl methyl sites for hydroxylation is 2. The van der Waals surface area contributed by atoms with E-state index in [-0.39, 0.29) is 11.9 Å². The van der Waals surface area contributed by atoms with Crippen LogP contribution in [0.2, 0.25) is 0 Å². The summed E-state index contributed by atoms with van der Waals surface area (Å²) in [4.78, 5) is 17.8. The number of carbonyl (C=O) groups excluding carboxylic acids is 1. The molecule has 32 heavy (non-hydrogen) atoms. The Hall–Kier alpha value is -2.86. The average molecular weight is 434 g/mol. The highest BCUT2D eigenvalue weighted by molar-refractivity contribution is 5.84. The van der Waals surface area contributed by atoms with E-state index in [1.165, 1.54) is 16.8 Å². The predicted molar refractivity (Wildman–Crippen MR) is 131 cm³/mol. The Morgan fingerprint density at radius 2 is 1.88 bits per heavy atom. The molecule has 0 radical (unpaired) electrons. The predicted octanol–water partition coefficient (Wildman–Crippen LogP) is 3.93. The first-order chi connectivity index (χ1) is 15.6. The first-order valence-electron chi connectivity index (χ1n) is 11.8. The van der Waals surface area contributed by atoms with Crippen molar-refractivity contribution in [1.82, 2.24) is 20.0 Å². The number of benzene rings is 2. The number of aromatic nitrogens is 2. The minimum atomic E-state index is -0.268. The lowest BCUT2D eigenvalue weighted by Crippen LogP contribution is -2.47. The highest BCUT2D eigenvalue weighted by Gasteiger charge is 2.21. The summed E-state index contributed by atoms with van der Waals surface area (Å²) < 4.78 is 1.86. The van der Waals surface area contributed by atoms with E-state index < -0.39 is 0 Å². The summed E-state index contributed by atoms with van der Waals surface area (Å²) in [6, 6.07) is 14.5. The number of nitrogens with zero attached hydrogens (tertiary/aromatic N) is 4. The maximum atomic E-state index is 12.8. The number of amides is 1. The standard InChI is InChI=1S/C26H35N5O/c1-4-23(31-24-9-6-5-8-22(24)19-28-31)26(32)27-12-7-13-29-14-16-30(17-15-29)25-18-20(2)10-11-21(25)3/h5-6,8-11,18-19,23H,4,7,12-17H2,1-3H3,(H,27,32). The topological polar surface area (TPSA) is 53.4 Å². The molecule has 0 saturated carbocycles. The molecular weight excluding hydrogens is 398 g/mol. The van der Waals surface area contributed by atoms with Gasteiger partial charge in [-0.2, -0.15) is 5.10 Å². The summed E-state index contributed by atoms with van der Waals surface area (Å²) >= 11 is 0. The van der Waals surface area contributed by atoms with Crippen molar-refractivity contribution in [3.8, 4) is 0 Å². The first kappa shape index (κ1) is 22.3. The molecule has 2 aromatic carbocycles. The summed E-state index contributed by atoms with van der Waals surface area (Å²) in [5.74, 6) is 0.0566. The summed E-state index contributed by atoms with van der Waals surface area (Å²) in [6.45, 7) is 12.4. The van der Waals surface area contributed by atoms with Crippen LogP contribution in [0.15, 0.2) is 48.7 Å². The second-order valence-corrected chi connectivity index (χ2v) is 8.84. The van der Waals surface area contributed by atoms with E-state index in [1.807, 2.05) is 42.1 Å². The zero-order chi connectivity index (χ0) is 22.5. The minimum Gasteiger partial charge on any atom is -0.369 e. The van der Waals surface area contributed by atoms with Gasteiger partial charge in [0.1, 0.15) is 6.04 Å². The van der Waals surface area contributed by atoms with Gasteiger partial charge < -0.3 is 10.2 Å². The normalized spacial score (nSPS) is 15.8. The number of hydrogen-bond acceptors (Lipinski definition) is 4. The molecule has 4 rings (SSSR count). The molecular formula is C26H35N5O. The van der Waals surface area contributed by atoms with Gasteiger partial charge in [0.25, 0.3) is 0 Å². The molecule has 3 aromatic rings. The van der Waals surface area contributed by atoms with Crippen LogP contribution in [-0.2, 0) is 4.79 Å². The number of piperazine rings is 1. The van der Waals surface area contributed by atoms with Gasteiger partial charge in [-0.3, -0.25) is 14.4 Å². The maximum Gasteiger partial charge on any atom is 0.244 e. The third-order valence-electron chi connectivity index (χ3n) is 6.52. The summed E-state index contributed by atoms with van der Waals surface area (Å²) in [7, 11) is 0. The Morgan fingerprint density at radius 3 is 2.66 bits per heavy atom. The van der Waals surface area contributed by atoms with E-state index in [0.29, 0.717) is 6.54 Å². The zero-order valence-electron chi connectivity index (χ0n) is 19.6. The quantitative estimate of drug-likeness (QED) is 0.547. The van der Waals surface area contributed by atoms with Gasteiger partial charge in [-0.15, -0.1) is 0 Å². The van der Waals surface area contributed by atoms with Crippen molar-refractivity contribution < 1.29 is 4.79 Å². The molecule has 1 aliphatic heterocycles. The zero-order valence-corrected chi connectivity index (χ0v) is 19.6. The second-order valence-electron chi connectivity index (χ2n) is 8.84. The molecule has 0 aliphatic carbocycles. The van der Waals surface area contributed by atoms with Gasteiger partial charge in [-0.05, 0) is 56.5 Å². The lowest BCUT2D eigenvalue weighted by Gasteiger charge is -2.37. The third-order valence-corrected chi connectivity index (χ3v) is 6.52. The van der Waals surface area contributed by atoms with Gasteiger partial charge in [0.05, 0.1) is 11.7 Å². The van der Waals surface area contributed by atoms with E-state index in [4.69, 9.17) is 0 Å². The Balaban J connectivity index is 1.22. The fourth-order valence-corrected chi connectivity index (χ4v) is 4.61. The van der Waals surface area contributed by atoms with Crippen molar-refractivity contribution in [2.45, 2.75) is 39.7 Å². The van der Waals surface area contributed by atoms with Crippen molar-refractivity contribution in [2.75, 3.05) is 44.2 Å². The Kier molecular flexibility index (Phi) is 7.10. The Labute approximate surface area is 191 Å². The number of nitrogens with one attached hydrogen (secondary N) is 1. The van der Waals surface area contributed by atoms with Crippen LogP contribution in [0.3, 0.4) is 0 Å². The summed E-state index contributed by atoms with van der Waals surface area (Å²) in [5, 5.41) is 8.68. The van der Waals surface area contributed by atoms with Crippen LogP contribution >= 0.6 is 0 Å². The van der Waals surface area contributed by atoms with E-state index in [9.17, 15) is 4.79 Å². The number of rotatable bonds is 8. The maximum absolute atomic E-state index is 12.8. The van der Waals surface area contributed by atoms with Gasteiger partial charge in [0, 0.05) is 43.8 Å². The van der Waals surface area contributed by atoms with Crippen LogP contribution in [0.1, 0.15) is 36.9 Å². The first-order valence-corrected chi connectivity index (χ1v) is 11.8. The van der Waals surface area contributed by atoms with Crippen molar-refractivity contribution >= 4 is 22.5 Å². The van der Waals surface area contributed by atoms with Gasteiger partial charge in [-0.25, -0.2) is 0 Å². The molecule has 2 heterocycles. The molecule has 1 aliphatic rings. The molecule has 1 amide bonds. The third kappa shape index (κ3) is 4.96. The number of carbonyl (C=O) groups is 1. The average Bonchev–Trinajstić information content (AvgIpc) is 3.23. The molecule has 6 heteroatoms. The smallest absolute Gasteiger partial charge is 0.244 e. The van der Waals surface area contributed by atoms with Crippen molar-refractivity contribution in [2.24, 2.45) is 0 Å². The Morgan fingerprint density at radius 1 is 1.09 bits per heavy atom. The molecule has 0 spiro atoms. The molecule has 0 bridgehead atoms. The van der Waals surface area contributed by atoms with Crippen LogP contribution in [0.4, 0.5) is 5.69 Å². The van der Waals surface area contributed by atoms with Gasteiger partial charge in [0.15, 0.2) is 0 Å². The van der Waals surface area contributed by atoms with Gasteiger partial charge >= 0.3 is 0 Å². The molecule has 6 nitrogen and oxygen atoms in total. The molecule has 1 unspecified atom stereocenters. The monoisotopic (exact) mass is 433 g/mol. The fraction of sp³-hybridized carbons (Fsp3) is 0.462. The highest BCUT2D eigenvalue weighted by Crippen LogP contribution is 2.23. The van der Waals surface area contributed by atoms with E-state index in [1.54, 1.807) is 0 Å². The largest absolute Gasteiger partial charge is 0.369 e. The van der Waals surface area contributed by atoms with Crippen LogP contribution in [0, 0.1) is 13.8 Å². The minimum absolute atomic E-state index is 0.0566. The van der Waals surface area contributed by atoms with Crippen molar-refractivity contribution in [3.05, 3.63) is 59.8 Å². The summed E-state index contributed by atoms with van der Waals surface area (Å²) in [6.07, 6.45) is 3.52. The molecule has 1 aromatic heterocycles. The van der Waals surface area contributed by atoms with Crippen molar-refractivity contribution in [1.29, 1.82) is 0 Å². The SMILES string of the molecule is CCC(C(=O)NCCCN1CCN(c2cc(C)ccc2C)CC1)n1ncc2ccccc21. The fourth-order valence-electron chi connectivity index (χ4n) is 4.61. The second kappa shape index (κ2) is 10.2. The number of hydrogen-bond donors (Lipinski definition) is 1. The van der Waals surface area contributed by atoms with Crippen LogP contribution < -0.4 is 10.2 Å². The van der Waals surface area contributed by atoms with E-state index in [2.05, 4.69) is 52.3 Å². The van der Waals surface area contributed by atoms with Gasteiger partial charge in [-0.1, -0.05) is 37.3 Å². The molecule has 170 valence electrons. The number of anilines is 1. The lowest BCUT2D eigenvalue weighted by molar-refractivity contribution is -0.124. The molecule has 1 fully saturated rings. The van der Waals surface area contributed by atoms with Crippen LogP contribution in [0.25, 0.3) is 10.9 Å². The lowest BCUT2D eigenvalue weighted by atomic mass is 10.1. The summed E-state index contributed by atoms with van der Waals surface area (Å²) in [5.41, 5.74) is 5.05. The van der Waals surface area contributed by atoms with Crippen LogP contribution in [-0.4, -0.2) is 59.9 Å². The Bertz CT molecular complexity index is 1050. The molecule has 1 N–H and O–H groups in total. The number of fused-ring (bicyclic) bond motifs is 1. The number of para-hydroxylation sites is 1. The van der Waals surface area contributed by atoms with E-state index >= 15 is 0 Å².